The molecule has 0 bridgehead atoms. The van der Waals surface area contributed by atoms with Gasteiger partial charge in [-0.15, -0.1) is 0 Å². The maximum atomic E-state index is 12.1. The van der Waals surface area contributed by atoms with Gasteiger partial charge in [0.2, 0.25) is 0 Å². The number of nitrogens with zero attached hydrogens (tertiary/aromatic N) is 2. The van der Waals surface area contributed by atoms with E-state index in [0.29, 0.717) is 6.54 Å². The number of halogens is 1. The van der Waals surface area contributed by atoms with Crippen LogP contribution in [0.5, 0.6) is 0 Å². The van der Waals surface area contributed by atoms with E-state index in [0.717, 1.165) is 0 Å². The largest absolute Gasteiger partial charge is 0.338 e. The second-order valence-corrected chi connectivity index (χ2v) is 4.39. The summed E-state index contributed by atoms with van der Waals surface area (Å²) < 4.78 is 0. The first kappa shape index (κ1) is 14.4. The summed E-state index contributed by atoms with van der Waals surface area (Å²) in [5, 5.41) is 10.8. The van der Waals surface area contributed by atoms with Crippen LogP contribution in [0.25, 0.3) is 0 Å². The monoisotopic (exact) mass is 271 g/mol. The number of amides is 1. The zero-order chi connectivity index (χ0) is 13.9. The quantitative estimate of drug-likeness (QED) is 0.666. The van der Waals surface area contributed by atoms with Crippen molar-refractivity contribution in [2.75, 3.05) is 13.6 Å². The molecule has 1 aromatic rings. The van der Waals surface area contributed by atoms with Crippen LogP contribution >= 0.6 is 11.6 Å². The molecule has 7 heteroatoms. The molecule has 0 saturated carbocycles. The third-order valence-corrected chi connectivity index (χ3v) is 2.88. The second kappa shape index (κ2) is 5.79. The van der Waals surface area contributed by atoms with Crippen molar-refractivity contribution in [1.82, 2.24) is 4.90 Å². The highest BCUT2D eigenvalue weighted by molar-refractivity contribution is 6.31. The van der Waals surface area contributed by atoms with Crippen molar-refractivity contribution >= 4 is 23.2 Å². The molecule has 1 aromatic carbocycles. The van der Waals surface area contributed by atoms with Crippen LogP contribution < -0.4 is 5.73 Å². The molecule has 1 rings (SSSR count). The van der Waals surface area contributed by atoms with Gasteiger partial charge in [-0.1, -0.05) is 11.6 Å². The predicted molar refractivity (Wildman–Crippen MR) is 68.7 cm³/mol. The van der Waals surface area contributed by atoms with Crippen LogP contribution in [0.3, 0.4) is 0 Å². The van der Waals surface area contributed by atoms with E-state index >= 15 is 0 Å². The van der Waals surface area contributed by atoms with Gasteiger partial charge < -0.3 is 10.6 Å². The molecule has 18 heavy (non-hydrogen) atoms. The van der Waals surface area contributed by atoms with Gasteiger partial charge in [-0.05, 0) is 13.0 Å². The van der Waals surface area contributed by atoms with Gasteiger partial charge in [0.1, 0.15) is 0 Å². The van der Waals surface area contributed by atoms with E-state index in [4.69, 9.17) is 17.3 Å². The number of nitro groups is 1. The van der Waals surface area contributed by atoms with Crippen LogP contribution in [0.15, 0.2) is 18.2 Å². The molecular formula is C11H14ClN3O3. The lowest BCUT2D eigenvalue weighted by molar-refractivity contribution is -0.384. The maximum Gasteiger partial charge on any atom is 0.271 e. The summed E-state index contributed by atoms with van der Waals surface area (Å²) >= 11 is 5.76. The van der Waals surface area contributed by atoms with E-state index in [1.807, 2.05) is 0 Å². The van der Waals surface area contributed by atoms with Crippen LogP contribution in [-0.4, -0.2) is 35.4 Å². The number of hydrogen-bond acceptors (Lipinski definition) is 4. The molecule has 1 amide bonds. The zero-order valence-corrected chi connectivity index (χ0v) is 10.8. The van der Waals surface area contributed by atoms with Crippen molar-refractivity contribution in [1.29, 1.82) is 0 Å². The van der Waals surface area contributed by atoms with Crippen molar-refractivity contribution < 1.29 is 9.72 Å². The number of rotatable bonds is 4. The highest BCUT2D eigenvalue weighted by atomic mass is 35.5. The zero-order valence-electron chi connectivity index (χ0n) is 10.1. The molecular weight excluding hydrogens is 258 g/mol. The molecule has 0 fully saturated rings. The lowest BCUT2D eigenvalue weighted by Gasteiger charge is -2.23. The fraction of sp³-hybridized carbons (Fsp3) is 0.364. The van der Waals surface area contributed by atoms with E-state index in [1.165, 1.54) is 23.1 Å². The molecule has 6 nitrogen and oxygen atoms in total. The van der Waals surface area contributed by atoms with Crippen LogP contribution in [0.4, 0.5) is 5.69 Å². The van der Waals surface area contributed by atoms with E-state index in [2.05, 4.69) is 0 Å². The molecule has 1 atom stereocenters. The molecule has 98 valence electrons. The summed E-state index contributed by atoms with van der Waals surface area (Å²) in [6.45, 7) is 2.10. The Morgan fingerprint density at radius 1 is 1.56 bits per heavy atom. The Bertz CT molecular complexity index is 479. The summed E-state index contributed by atoms with van der Waals surface area (Å²) in [5.41, 5.74) is 5.44. The fourth-order valence-electron chi connectivity index (χ4n) is 1.36. The molecule has 0 spiro atoms. The molecule has 0 aliphatic carbocycles. The Morgan fingerprint density at radius 3 is 2.67 bits per heavy atom. The Hall–Kier alpha value is -1.66. The van der Waals surface area contributed by atoms with Crippen molar-refractivity contribution in [3.63, 3.8) is 0 Å². The third-order valence-electron chi connectivity index (χ3n) is 2.66. The van der Waals surface area contributed by atoms with E-state index in [1.54, 1.807) is 14.0 Å². The molecule has 0 aliphatic heterocycles. The van der Waals surface area contributed by atoms with E-state index < -0.39 is 4.92 Å². The Kier molecular flexibility index (Phi) is 4.63. The molecule has 0 aliphatic rings. The topological polar surface area (TPSA) is 89.5 Å². The third kappa shape index (κ3) is 3.18. The Morgan fingerprint density at radius 2 is 2.17 bits per heavy atom. The number of nitrogens with two attached hydrogens (primary N) is 1. The Labute approximate surface area is 109 Å². The molecule has 2 N–H and O–H groups in total. The number of nitro benzene ring substituents is 1. The minimum absolute atomic E-state index is 0.154. The number of carbonyl (C=O) groups excluding carboxylic acids is 1. The summed E-state index contributed by atoms with van der Waals surface area (Å²) in [6, 6.07) is 3.64. The first-order valence-corrected chi connectivity index (χ1v) is 5.66. The highest BCUT2D eigenvalue weighted by Gasteiger charge is 2.19. The fourth-order valence-corrected chi connectivity index (χ4v) is 1.59. The molecule has 0 heterocycles. The molecule has 0 saturated heterocycles. The molecule has 0 radical (unpaired) electrons. The average molecular weight is 272 g/mol. The number of benzene rings is 1. The SMILES string of the molecule is CC(CN)N(C)C(=O)c1cc(Cl)cc([N+](=O)[O-])c1. The van der Waals surface area contributed by atoms with Gasteiger partial charge in [-0.2, -0.15) is 0 Å². The number of likely N-dealkylation sites (N-methyl/N-ethyl adjacent to an activating group) is 1. The van der Waals surface area contributed by atoms with Crippen LogP contribution in [-0.2, 0) is 0 Å². The molecule has 1 unspecified atom stereocenters. The lowest BCUT2D eigenvalue weighted by atomic mass is 10.1. The van der Waals surface area contributed by atoms with Gasteiger partial charge in [-0.3, -0.25) is 14.9 Å². The van der Waals surface area contributed by atoms with Crippen LogP contribution in [0, 0.1) is 10.1 Å². The summed E-state index contributed by atoms with van der Waals surface area (Å²) in [5.74, 6) is -0.349. The van der Waals surface area contributed by atoms with Crippen molar-refractivity contribution in [2.45, 2.75) is 13.0 Å². The van der Waals surface area contributed by atoms with Crippen molar-refractivity contribution in [3.8, 4) is 0 Å². The number of non-ortho nitro benzene ring substituents is 1. The Balaban J connectivity index is 3.09. The van der Waals surface area contributed by atoms with Crippen molar-refractivity contribution in [2.24, 2.45) is 5.73 Å². The van der Waals surface area contributed by atoms with Gasteiger partial charge in [0.15, 0.2) is 0 Å². The smallest absolute Gasteiger partial charge is 0.271 e. The van der Waals surface area contributed by atoms with Gasteiger partial charge >= 0.3 is 0 Å². The standard InChI is InChI=1S/C11H14ClN3O3/c1-7(6-13)14(2)11(16)8-3-9(12)5-10(4-8)15(17)18/h3-5,7H,6,13H2,1-2H3. The first-order chi connectivity index (χ1) is 8.36. The minimum atomic E-state index is -0.588. The van der Waals surface area contributed by atoms with Crippen LogP contribution in [0.2, 0.25) is 5.02 Å². The van der Waals surface area contributed by atoms with Gasteiger partial charge in [0, 0.05) is 42.4 Å². The van der Waals surface area contributed by atoms with Crippen LogP contribution in [0.1, 0.15) is 17.3 Å². The first-order valence-electron chi connectivity index (χ1n) is 5.29. The van der Waals surface area contributed by atoms with E-state index in [9.17, 15) is 14.9 Å². The van der Waals surface area contributed by atoms with Gasteiger partial charge in [0.05, 0.1) is 4.92 Å². The van der Waals surface area contributed by atoms with Crippen molar-refractivity contribution in [3.05, 3.63) is 38.9 Å². The summed E-state index contributed by atoms with van der Waals surface area (Å²) in [4.78, 5) is 23.6. The minimum Gasteiger partial charge on any atom is -0.338 e. The number of carbonyl (C=O) groups is 1. The second-order valence-electron chi connectivity index (χ2n) is 3.96. The lowest BCUT2D eigenvalue weighted by Crippen LogP contribution is -2.39. The number of hydrogen-bond donors (Lipinski definition) is 1. The van der Waals surface area contributed by atoms with Gasteiger partial charge in [-0.25, -0.2) is 0 Å². The average Bonchev–Trinajstić information content (AvgIpc) is 2.35. The predicted octanol–water partition coefficient (Wildman–Crippen LogP) is 1.67. The van der Waals surface area contributed by atoms with E-state index in [-0.39, 0.29) is 28.2 Å². The normalized spacial score (nSPS) is 12.0. The summed E-state index contributed by atoms with van der Waals surface area (Å²) in [7, 11) is 1.59. The summed E-state index contributed by atoms with van der Waals surface area (Å²) in [6.07, 6.45) is 0. The van der Waals surface area contributed by atoms with Gasteiger partial charge in [0.25, 0.3) is 11.6 Å². The molecule has 0 aromatic heterocycles. The maximum absolute atomic E-state index is 12.1. The highest BCUT2D eigenvalue weighted by Crippen LogP contribution is 2.22.